The summed E-state index contributed by atoms with van der Waals surface area (Å²) in [5.74, 6) is -0.390. The average Bonchev–Trinajstić information content (AvgIpc) is 3.04. The third kappa shape index (κ3) is 3.08. The van der Waals surface area contributed by atoms with Crippen molar-refractivity contribution in [1.29, 1.82) is 0 Å². The maximum atomic E-state index is 10.6. The monoisotopic (exact) mass is 264 g/mol. The Morgan fingerprint density at radius 2 is 2.26 bits per heavy atom. The van der Waals surface area contributed by atoms with E-state index in [0.717, 1.165) is 12.0 Å². The van der Waals surface area contributed by atoms with Gasteiger partial charge in [0.05, 0.1) is 12.5 Å². The van der Waals surface area contributed by atoms with Gasteiger partial charge in [-0.1, -0.05) is 32.1 Å². The highest BCUT2D eigenvalue weighted by Gasteiger charge is 2.52. The van der Waals surface area contributed by atoms with E-state index >= 15 is 0 Å². The van der Waals surface area contributed by atoms with Gasteiger partial charge in [0, 0.05) is 5.92 Å². The minimum atomic E-state index is -0.793. The van der Waals surface area contributed by atoms with E-state index in [0.29, 0.717) is 5.92 Å². The Labute approximate surface area is 115 Å². The third-order valence-electron chi connectivity index (χ3n) is 4.50. The van der Waals surface area contributed by atoms with Crippen LogP contribution in [0.4, 0.5) is 0 Å². The van der Waals surface area contributed by atoms with Crippen LogP contribution >= 0.6 is 0 Å². The summed E-state index contributed by atoms with van der Waals surface area (Å²) in [7, 11) is 0. The summed E-state index contributed by atoms with van der Waals surface area (Å²) in [6.07, 6.45) is 5.66. The Balaban J connectivity index is 2.03. The van der Waals surface area contributed by atoms with Gasteiger partial charge in [0.2, 0.25) is 0 Å². The number of aliphatic carboxylic acids is 1. The molecule has 2 fully saturated rings. The first-order valence-electron chi connectivity index (χ1n) is 7.04. The molecule has 1 aliphatic carbocycles. The van der Waals surface area contributed by atoms with Gasteiger partial charge in [-0.05, 0) is 37.2 Å². The van der Waals surface area contributed by atoms with Gasteiger partial charge in [-0.25, -0.2) is 0 Å². The molecule has 106 valence electrons. The van der Waals surface area contributed by atoms with Crippen LogP contribution in [-0.4, -0.2) is 23.3 Å². The molecule has 3 heteroatoms. The SMILES string of the molecule is C=C1CCCC(C)(C)[C@H]1[C@H]1O[C@H]1/C(C)=C/CC(=O)O. The molecule has 1 heterocycles. The molecule has 0 bridgehead atoms. The molecule has 3 nitrogen and oxygen atoms in total. The van der Waals surface area contributed by atoms with Gasteiger partial charge in [0.15, 0.2) is 0 Å². The molecule has 1 saturated carbocycles. The van der Waals surface area contributed by atoms with Crippen molar-refractivity contribution in [1.82, 2.24) is 0 Å². The van der Waals surface area contributed by atoms with Crippen molar-refractivity contribution in [3.05, 3.63) is 23.8 Å². The second-order valence-electron chi connectivity index (χ2n) is 6.55. The van der Waals surface area contributed by atoms with Gasteiger partial charge in [0.1, 0.15) is 6.10 Å². The molecule has 1 aliphatic heterocycles. The number of carbonyl (C=O) groups is 1. The first-order chi connectivity index (χ1) is 8.83. The summed E-state index contributed by atoms with van der Waals surface area (Å²) >= 11 is 0. The van der Waals surface area contributed by atoms with Gasteiger partial charge in [-0.3, -0.25) is 4.79 Å². The summed E-state index contributed by atoms with van der Waals surface area (Å²) in [5, 5.41) is 8.70. The smallest absolute Gasteiger partial charge is 0.307 e. The highest BCUT2D eigenvalue weighted by Crippen LogP contribution is 2.51. The van der Waals surface area contributed by atoms with Crippen LogP contribution in [0, 0.1) is 11.3 Å². The van der Waals surface area contributed by atoms with Crippen molar-refractivity contribution >= 4 is 5.97 Å². The molecule has 2 rings (SSSR count). The summed E-state index contributed by atoms with van der Waals surface area (Å²) in [4.78, 5) is 10.6. The maximum absolute atomic E-state index is 10.6. The van der Waals surface area contributed by atoms with Crippen molar-refractivity contribution in [2.24, 2.45) is 11.3 Å². The van der Waals surface area contributed by atoms with Gasteiger partial charge >= 0.3 is 5.97 Å². The highest BCUT2D eigenvalue weighted by molar-refractivity contribution is 5.68. The molecule has 1 saturated heterocycles. The van der Waals surface area contributed by atoms with E-state index in [1.54, 1.807) is 6.08 Å². The Morgan fingerprint density at radius 3 is 2.84 bits per heavy atom. The van der Waals surface area contributed by atoms with Crippen LogP contribution in [0.15, 0.2) is 23.8 Å². The van der Waals surface area contributed by atoms with Crippen molar-refractivity contribution in [3.8, 4) is 0 Å². The fourth-order valence-electron chi connectivity index (χ4n) is 3.42. The molecule has 3 atom stereocenters. The lowest BCUT2D eigenvalue weighted by Gasteiger charge is -2.39. The van der Waals surface area contributed by atoms with Crippen molar-refractivity contribution in [3.63, 3.8) is 0 Å². The normalized spacial score (nSPS) is 34.2. The fourth-order valence-corrected chi connectivity index (χ4v) is 3.42. The van der Waals surface area contributed by atoms with Crippen molar-refractivity contribution < 1.29 is 14.6 Å². The topological polar surface area (TPSA) is 49.8 Å². The summed E-state index contributed by atoms with van der Waals surface area (Å²) in [6.45, 7) is 10.8. The molecular weight excluding hydrogens is 240 g/mol. The number of hydrogen-bond acceptors (Lipinski definition) is 2. The Bertz CT molecular complexity index is 420. The molecule has 0 radical (unpaired) electrons. The zero-order valence-electron chi connectivity index (χ0n) is 12.1. The molecule has 0 unspecified atom stereocenters. The van der Waals surface area contributed by atoms with Crippen LogP contribution in [0.2, 0.25) is 0 Å². The highest BCUT2D eigenvalue weighted by atomic mass is 16.6. The van der Waals surface area contributed by atoms with Crippen LogP contribution in [0.3, 0.4) is 0 Å². The van der Waals surface area contributed by atoms with E-state index in [1.165, 1.54) is 18.4 Å². The van der Waals surface area contributed by atoms with Crippen molar-refractivity contribution in [2.75, 3.05) is 0 Å². The van der Waals surface area contributed by atoms with Crippen LogP contribution in [-0.2, 0) is 9.53 Å². The van der Waals surface area contributed by atoms with E-state index < -0.39 is 5.97 Å². The summed E-state index contributed by atoms with van der Waals surface area (Å²) in [5.41, 5.74) is 2.58. The van der Waals surface area contributed by atoms with E-state index in [1.807, 2.05) is 6.92 Å². The van der Waals surface area contributed by atoms with Crippen LogP contribution < -0.4 is 0 Å². The molecule has 0 aromatic heterocycles. The van der Waals surface area contributed by atoms with E-state index in [2.05, 4.69) is 20.4 Å². The molecule has 19 heavy (non-hydrogen) atoms. The van der Waals surface area contributed by atoms with E-state index in [9.17, 15) is 4.79 Å². The minimum Gasteiger partial charge on any atom is -0.481 e. The van der Waals surface area contributed by atoms with Gasteiger partial charge in [-0.2, -0.15) is 0 Å². The Hall–Kier alpha value is -1.09. The first-order valence-corrected chi connectivity index (χ1v) is 7.04. The lowest BCUT2D eigenvalue weighted by atomic mass is 9.65. The number of hydrogen-bond donors (Lipinski definition) is 1. The van der Waals surface area contributed by atoms with Crippen LogP contribution in [0.5, 0.6) is 0 Å². The fraction of sp³-hybridized carbons (Fsp3) is 0.688. The summed E-state index contributed by atoms with van der Waals surface area (Å²) < 4.78 is 5.83. The quantitative estimate of drug-likeness (QED) is 0.624. The third-order valence-corrected chi connectivity index (χ3v) is 4.50. The molecule has 2 aliphatic rings. The average molecular weight is 264 g/mol. The second-order valence-corrected chi connectivity index (χ2v) is 6.55. The number of carboxylic acids is 1. The number of carboxylic acid groups (broad SMARTS) is 1. The van der Waals surface area contributed by atoms with Crippen LogP contribution in [0.25, 0.3) is 0 Å². The lowest BCUT2D eigenvalue weighted by Crippen LogP contribution is -2.34. The zero-order valence-corrected chi connectivity index (χ0v) is 12.1. The largest absolute Gasteiger partial charge is 0.481 e. The molecule has 0 aromatic rings. The van der Waals surface area contributed by atoms with Crippen molar-refractivity contribution in [2.45, 2.75) is 58.7 Å². The van der Waals surface area contributed by atoms with E-state index in [-0.39, 0.29) is 24.0 Å². The second kappa shape index (κ2) is 5.12. The van der Waals surface area contributed by atoms with Gasteiger partial charge in [0.25, 0.3) is 0 Å². The predicted molar refractivity (Wildman–Crippen MR) is 74.9 cm³/mol. The lowest BCUT2D eigenvalue weighted by molar-refractivity contribution is -0.136. The number of ether oxygens (including phenoxy) is 1. The molecule has 0 amide bonds. The van der Waals surface area contributed by atoms with Gasteiger partial charge < -0.3 is 9.84 Å². The van der Waals surface area contributed by atoms with Gasteiger partial charge in [-0.15, -0.1) is 0 Å². The minimum absolute atomic E-state index is 0.0768. The van der Waals surface area contributed by atoms with E-state index in [4.69, 9.17) is 9.84 Å². The predicted octanol–water partition coefficient (Wildman–Crippen LogP) is 3.56. The molecular formula is C16H24O3. The Morgan fingerprint density at radius 1 is 1.58 bits per heavy atom. The molecule has 0 aromatic carbocycles. The number of rotatable bonds is 4. The summed E-state index contributed by atoms with van der Waals surface area (Å²) in [6, 6.07) is 0. The molecule has 0 spiro atoms. The standard InChI is InChI=1S/C16H24O3/c1-10-6-5-9-16(3,4)13(10)15-14(19-15)11(2)7-8-12(17)18/h7,13-15H,1,5-6,8-9H2,2-4H3,(H,17,18)/b11-7+/t13-,14+,15-/m1/s1. The zero-order chi connectivity index (χ0) is 14.2. The Kier molecular flexibility index (Phi) is 3.86. The van der Waals surface area contributed by atoms with Crippen LogP contribution in [0.1, 0.15) is 46.5 Å². The number of epoxide rings is 1. The molecule has 1 N–H and O–H groups in total. The maximum Gasteiger partial charge on any atom is 0.307 e. The first kappa shape index (κ1) is 14.3.